The van der Waals surface area contributed by atoms with E-state index in [9.17, 15) is 4.79 Å². The van der Waals surface area contributed by atoms with Gasteiger partial charge in [-0.15, -0.1) is 0 Å². The van der Waals surface area contributed by atoms with E-state index >= 15 is 0 Å². The van der Waals surface area contributed by atoms with Crippen LogP contribution in [0.25, 0.3) is 0 Å². The zero-order valence-corrected chi connectivity index (χ0v) is 14.9. The van der Waals surface area contributed by atoms with Crippen molar-refractivity contribution >= 4 is 11.7 Å². The molecule has 0 radical (unpaired) electrons. The van der Waals surface area contributed by atoms with Crippen LogP contribution < -0.4 is 10.2 Å². The highest BCUT2D eigenvalue weighted by molar-refractivity contribution is 6.05. The molecule has 1 aromatic carbocycles. The van der Waals surface area contributed by atoms with Crippen LogP contribution in [0.1, 0.15) is 22.8 Å². The first-order chi connectivity index (χ1) is 12.7. The highest BCUT2D eigenvalue weighted by Crippen LogP contribution is 2.17. The molecule has 2 heterocycles. The van der Waals surface area contributed by atoms with Gasteiger partial charge in [0.2, 0.25) is 0 Å². The number of nitrogens with one attached hydrogen (secondary N) is 1. The lowest BCUT2D eigenvalue weighted by atomic mass is 10.1. The predicted octanol–water partition coefficient (Wildman–Crippen LogP) is 1.89. The number of carbonyl (C=O) groups is 1. The second-order valence-electron chi connectivity index (χ2n) is 6.43. The van der Waals surface area contributed by atoms with E-state index in [1.54, 1.807) is 35.4 Å². The lowest BCUT2D eigenvalue weighted by Crippen LogP contribution is -2.52. The van der Waals surface area contributed by atoms with Crippen molar-refractivity contribution in [1.29, 1.82) is 5.26 Å². The lowest BCUT2D eigenvalue weighted by Gasteiger charge is -2.35. The molecule has 1 aliphatic heterocycles. The van der Waals surface area contributed by atoms with Gasteiger partial charge in [0.05, 0.1) is 11.6 Å². The molecule has 1 saturated heterocycles. The second-order valence-corrected chi connectivity index (χ2v) is 6.43. The van der Waals surface area contributed by atoms with Gasteiger partial charge in [-0.3, -0.25) is 14.6 Å². The standard InChI is InChI=1S/C20H23N5O/c1-16(24-12-10-22-11-13-24)15-25(19-4-2-3-9-23-19)20(26)18-7-5-17(14-21)6-8-18/h2-9,16,22H,10-13,15H2,1H3. The summed E-state index contributed by atoms with van der Waals surface area (Å²) in [5.74, 6) is 0.541. The summed E-state index contributed by atoms with van der Waals surface area (Å²) in [7, 11) is 0. The first kappa shape index (κ1) is 18.1. The van der Waals surface area contributed by atoms with E-state index in [-0.39, 0.29) is 11.9 Å². The number of rotatable bonds is 5. The molecule has 0 saturated carbocycles. The van der Waals surface area contributed by atoms with E-state index in [0.29, 0.717) is 23.5 Å². The van der Waals surface area contributed by atoms with Crippen molar-refractivity contribution in [2.75, 3.05) is 37.6 Å². The van der Waals surface area contributed by atoms with Gasteiger partial charge >= 0.3 is 0 Å². The quantitative estimate of drug-likeness (QED) is 0.892. The van der Waals surface area contributed by atoms with Gasteiger partial charge in [0.25, 0.3) is 5.91 Å². The normalized spacial score (nSPS) is 15.8. The van der Waals surface area contributed by atoms with Crippen LogP contribution in [0.3, 0.4) is 0 Å². The zero-order valence-electron chi connectivity index (χ0n) is 14.9. The van der Waals surface area contributed by atoms with Crippen LogP contribution in [0.2, 0.25) is 0 Å². The van der Waals surface area contributed by atoms with E-state index < -0.39 is 0 Å². The first-order valence-electron chi connectivity index (χ1n) is 8.87. The van der Waals surface area contributed by atoms with Crippen LogP contribution in [0, 0.1) is 11.3 Å². The van der Waals surface area contributed by atoms with Gasteiger partial charge in [0, 0.05) is 50.5 Å². The molecule has 0 aliphatic carbocycles. The van der Waals surface area contributed by atoms with Crippen molar-refractivity contribution < 1.29 is 4.79 Å². The fraction of sp³-hybridized carbons (Fsp3) is 0.350. The van der Waals surface area contributed by atoms with Crippen molar-refractivity contribution in [3.8, 4) is 6.07 Å². The molecule has 1 aromatic heterocycles. The van der Waals surface area contributed by atoms with Gasteiger partial charge in [0.1, 0.15) is 5.82 Å². The van der Waals surface area contributed by atoms with Crippen molar-refractivity contribution in [3.63, 3.8) is 0 Å². The number of amides is 1. The first-order valence-corrected chi connectivity index (χ1v) is 8.87. The fourth-order valence-electron chi connectivity index (χ4n) is 3.14. The molecule has 1 amide bonds. The number of aromatic nitrogens is 1. The fourth-order valence-corrected chi connectivity index (χ4v) is 3.14. The molecule has 0 bridgehead atoms. The molecule has 134 valence electrons. The van der Waals surface area contributed by atoms with Gasteiger partial charge in [0.15, 0.2) is 0 Å². The van der Waals surface area contributed by atoms with E-state index in [1.807, 2.05) is 18.2 Å². The Morgan fingerprint density at radius 2 is 2.00 bits per heavy atom. The summed E-state index contributed by atoms with van der Waals surface area (Å²) in [5, 5.41) is 12.3. The number of anilines is 1. The maximum Gasteiger partial charge on any atom is 0.259 e. The number of hydrogen-bond donors (Lipinski definition) is 1. The molecule has 1 atom stereocenters. The number of pyridine rings is 1. The highest BCUT2D eigenvalue weighted by Gasteiger charge is 2.24. The summed E-state index contributed by atoms with van der Waals surface area (Å²) in [5.41, 5.74) is 1.10. The molecular formula is C20H23N5O. The molecule has 1 N–H and O–H groups in total. The third kappa shape index (κ3) is 4.26. The van der Waals surface area contributed by atoms with E-state index in [1.165, 1.54) is 0 Å². The Bertz CT molecular complexity index is 763. The number of hydrogen-bond acceptors (Lipinski definition) is 5. The average Bonchev–Trinajstić information content (AvgIpc) is 2.72. The number of nitrogens with zero attached hydrogens (tertiary/aromatic N) is 4. The summed E-state index contributed by atoms with van der Waals surface area (Å²) < 4.78 is 0. The van der Waals surface area contributed by atoms with Crippen LogP contribution in [0.5, 0.6) is 0 Å². The maximum absolute atomic E-state index is 13.1. The molecule has 3 rings (SSSR count). The topological polar surface area (TPSA) is 72.3 Å². The molecule has 6 heteroatoms. The minimum absolute atomic E-state index is 0.102. The maximum atomic E-state index is 13.1. The van der Waals surface area contributed by atoms with Crippen LogP contribution >= 0.6 is 0 Å². The number of carbonyl (C=O) groups excluding carboxylic acids is 1. The predicted molar refractivity (Wildman–Crippen MR) is 101 cm³/mol. The van der Waals surface area contributed by atoms with Gasteiger partial charge in [-0.05, 0) is 43.3 Å². The van der Waals surface area contributed by atoms with Crippen molar-refractivity contribution in [2.24, 2.45) is 0 Å². The Morgan fingerprint density at radius 3 is 2.62 bits per heavy atom. The smallest absolute Gasteiger partial charge is 0.259 e. The number of piperazine rings is 1. The Morgan fingerprint density at radius 1 is 1.27 bits per heavy atom. The minimum atomic E-state index is -0.102. The summed E-state index contributed by atoms with van der Waals surface area (Å²) in [6, 6.07) is 14.6. The average molecular weight is 349 g/mol. The van der Waals surface area contributed by atoms with E-state index in [2.05, 4.69) is 28.2 Å². The largest absolute Gasteiger partial charge is 0.314 e. The van der Waals surface area contributed by atoms with Crippen LogP contribution in [0.4, 0.5) is 5.82 Å². The van der Waals surface area contributed by atoms with Crippen LogP contribution in [-0.4, -0.2) is 54.6 Å². The third-order valence-electron chi connectivity index (χ3n) is 4.65. The van der Waals surface area contributed by atoms with Gasteiger partial charge < -0.3 is 5.32 Å². The minimum Gasteiger partial charge on any atom is -0.314 e. The number of benzene rings is 1. The number of nitriles is 1. The van der Waals surface area contributed by atoms with Crippen LogP contribution in [0.15, 0.2) is 48.7 Å². The van der Waals surface area contributed by atoms with Gasteiger partial charge in [-0.2, -0.15) is 5.26 Å². The third-order valence-corrected chi connectivity index (χ3v) is 4.65. The summed E-state index contributed by atoms with van der Waals surface area (Å²) in [6.07, 6.45) is 1.70. The summed E-state index contributed by atoms with van der Waals surface area (Å²) >= 11 is 0. The van der Waals surface area contributed by atoms with Crippen molar-refractivity contribution in [3.05, 3.63) is 59.8 Å². The molecule has 1 unspecified atom stereocenters. The van der Waals surface area contributed by atoms with E-state index in [0.717, 1.165) is 26.2 Å². The highest BCUT2D eigenvalue weighted by atomic mass is 16.2. The molecule has 26 heavy (non-hydrogen) atoms. The van der Waals surface area contributed by atoms with Gasteiger partial charge in [-0.25, -0.2) is 4.98 Å². The van der Waals surface area contributed by atoms with Crippen molar-refractivity contribution in [2.45, 2.75) is 13.0 Å². The molecule has 6 nitrogen and oxygen atoms in total. The molecule has 1 aliphatic rings. The second kappa shape index (κ2) is 8.56. The molecule has 1 fully saturated rings. The Balaban J connectivity index is 1.83. The lowest BCUT2D eigenvalue weighted by molar-refractivity contribution is 0.0972. The van der Waals surface area contributed by atoms with Crippen LogP contribution in [-0.2, 0) is 0 Å². The molecular weight excluding hydrogens is 326 g/mol. The van der Waals surface area contributed by atoms with Gasteiger partial charge in [-0.1, -0.05) is 6.07 Å². The SMILES string of the molecule is CC(CN(C(=O)c1ccc(C#N)cc1)c1ccccn1)N1CCNCC1. The van der Waals surface area contributed by atoms with E-state index in [4.69, 9.17) is 5.26 Å². The molecule has 2 aromatic rings. The summed E-state index contributed by atoms with van der Waals surface area (Å²) in [4.78, 5) is 21.6. The molecule has 0 spiro atoms. The van der Waals surface area contributed by atoms with Crippen molar-refractivity contribution in [1.82, 2.24) is 15.2 Å². The Labute approximate surface area is 154 Å². The Kier molecular flexibility index (Phi) is 5.95. The monoisotopic (exact) mass is 349 g/mol. The zero-order chi connectivity index (χ0) is 18.4. The Hall–Kier alpha value is -2.75. The summed E-state index contributed by atoms with van der Waals surface area (Å²) in [6.45, 7) is 6.60.